The van der Waals surface area contributed by atoms with Gasteiger partial charge in [-0.05, 0) is 49.4 Å². The fourth-order valence-electron chi connectivity index (χ4n) is 4.34. The summed E-state index contributed by atoms with van der Waals surface area (Å²) in [4.78, 5) is 19.8. The van der Waals surface area contributed by atoms with Gasteiger partial charge in [0, 0.05) is 45.2 Å². The zero-order valence-electron chi connectivity index (χ0n) is 17.6. The maximum atomic E-state index is 13.5. The van der Waals surface area contributed by atoms with Crippen LogP contribution in [0.4, 0.5) is 0 Å². The van der Waals surface area contributed by atoms with Crippen LogP contribution in [0.5, 0.6) is 0 Å². The molecule has 0 aliphatic carbocycles. The lowest BCUT2D eigenvalue weighted by Gasteiger charge is -2.35. The number of rotatable bonds is 7. The molecule has 1 aromatic carbocycles. The summed E-state index contributed by atoms with van der Waals surface area (Å²) in [5.41, 5.74) is 0.957. The molecule has 31 heavy (non-hydrogen) atoms. The van der Waals surface area contributed by atoms with Gasteiger partial charge in [-0.15, -0.1) is 0 Å². The molecule has 0 bridgehead atoms. The number of sulfonamides is 1. The SMILES string of the molecule is O=C(C1CCCN(S(=O)(=O)c2ccccc2)C1)N(Cc1cccnc1)CC1CCCO1. The number of ether oxygens (including phenoxy) is 1. The van der Waals surface area contributed by atoms with Crippen molar-refractivity contribution in [2.75, 3.05) is 26.2 Å². The molecule has 1 aromatic heterocycles. The molecule has 0 saturated carbocycles. The van der Waals surface area contributed by atoms with Crippen LogP contribution >= 0.6 is 0 Å². The number of amides is 1. The largest absolute Gasteiger partial charge is 0.376 e. The van der Waals surface area contributed by atoms with Crippen LogP contribution < -0.4 is 0 Å². The number of pyridine rings is 1. The van der Waals surface area contributed by atoms with Gasteiger partial charge in [0.05, 0.1) is 16.9 Å². The van der Waals surface area contributed by atoms with Crippen LogP contribution in [0.2, 0.25) is 0 Å². The van der Waals surface area contributed by atoms with Crippen LogP contribution in [0.15, 0.2) is 59.8 Å². The minimum absolute atomic E-state index is 0.00712. The lowest BCUT2D eigenvalue weighted by Crippen LogP contribution is -2.48. The van der Waals surface area contributed by atoms with Crippen LogP contribution in [0, 0.1) is 5.92 Å². The van der Waals surface area contributed by atoms with Crippen molar-refractivity contribution in [2.45, 2.75) is 43.2 Å². The molecule has 2 atom stereocenters. The van der Waals surface area contributed by atoms with E-state index in [4.69, 9.17) is 4.74 Å². The molecule has 2 aliphatic heterocycles. The molecular weight excluding hydrogens is 414 g/mol. The zero-order chi connectivity index (χ0) is 21.7. The minimum Gasteiger partial charge on any atom is -0.376 e. The van der Waals surface area contributed by atoms with Crippen molar-refractivity contribution in [3.8, 4) is 0 Å². The Kier molecular flexibility index (Phi) is 6.99. The molecule has 2 aromatic rings. The van der Waals surface area contributed by atoms with Crippen LogP contribution in [0.3, 0.4) is 0 Å². The smallest absolute Gasteiger partial charge is 0.243 e. The molecule has 0 spiro atoms. The highest BCUT2D eigenvalue weighted by Crippen LogP contribution is 2.26. The van der Waals surface area contributed by atoms with Crippen molar-refractivity contribution in [3.05, 3.63) is 60.4 Å². The number of aromatic nitrogens is 1. The summed E-state index contributed by atoms with van der Waals surface area (Å²) in [7, 11) is -3.61. The van der Waals surface area contributed by atoms with E-state index in [0.717, 1.165) is 25.0 Å². The van der Waals surface area contributed by atoms with Crippen LogP contribution in [0.25, 0.3) is 0 Å². The van der Waals surface area contributed by atoms with Crippen molar-refractivity contribution in [1.82, 2.24) is 14.2 Å². The van der Waals surface area contributed by atoms with Gasteiger partial charge in [0.2, 0.25) is 15.9 Å². The summed E-state index contributed by atoms with van der Waals surface area (Å²) in [5.74, 6) is -0.363. The molecule has 4 rings (SSSR count). The molecule has 0 N–H and O–H groups in total. The van der Waals surface area contributed by atoms with Gasteiger partial charge in [0.15, 0.2) is 0 Å². The summed E-state index contributed by atoms with van der Waals surface area (Å²) < 4.78 is 33.4. The molecule has 8 heteroatoms. The molecule has 0 radical (unpaired) electrons. The minimum atomic E-state index is -3.61. The molecule has 166 valence electrons. The lowest BCUT2D eigenvalue weighted by molar-refractivity contribution is -0.139. The van der Waals surface area contributed by atoms with E-state index in [0.29, 0.717) is 32.5 Å². The Labute approximate surface area is 184 Å². The van der Waals surface area contributed by atoms with E-state index in [9.17, 15) is 13.2 Å². The molecule has 3 heterocycles. The number of nitrogens with zero attached hydrogens (tertiary/aromatic N) is 3. The predicted octanol–water partition coefficient (Wildman–Crippen LogP) is 2.69. The topological polar surface area (TPSA) is 79.8 Å². The predicted molar refractivity (Wildman–Crippen MR) is 117 cm³/mol. The highest BCUT2D eigenvalue weighted by atomic mass is 32.2. The van der Waals surface area contributed by atoms with Gasteiger partial charge in [-0.1, -0.05) is 24.3 Å². The van der Waals surface area contributed by atoms with Crippen molar-refractivity contribution >= 4 is 15.9 Å². The second kappa shape index (κ2) is 9.89. The van der Waals surface area contributed by atoms with Crippen molar-refractivity contribution in [1.29, 1.82) is 0 Å². The van der Waals surface area contributed by atoms with Gasteiger partial charge >= 0.3 is 0 Å². The lowest BCUT2D eigenvalue weighted by atomic mass is 9.97. The molecule has 7 nitrogen and oxygen atoms in total. The molecule has 2 aliphatic rings. The van der Waals surface area contributed by atoms with E-state index in [1.54, 1.807) is 42.7 Å². The molecule has 2 saturated heterocycles. The van der Waals surface area contributed by atoms with Crippen molar-refractivity contribution in [3.63, 3.8) is 0 Å². The first-order chi connectivity index (χ1) is 15.0. The quantitative estimate of drug-likeness (QED) is 0.657. The van der Waals surface area contributed by atoms with Gasteiger partial charge in [-0.2, -0.15) is 4.31 Å². The third-order valence-electron chi connectivity index (χ3n) is 5.97. The Balaban J connectivity index is 1.50. The second-order valence-corrected chi connectivity index (χ2v) is 10.2. The maximum absolute atomic E-state index is 13.5. The summed E-state index contributed by atoms with van der Waals surface area (Å²) >= 11 is 0. The van der Waals surface area contributed by atoms with E-state index in [1.165, 1.54) is 4.31 Å². The van der Waals surface area contributed by atoms with Crippen LogP contribution in [-0.4, -0.2) is 60.9 Å². The number of carbonyl (C=O) groups is 1. The first-order valence-corrected chi connectivity index (χ1v) is 12.3. The first-order valence-electron chi connectivity index (χ1n) is 10.9. The van der Waals surface area contributed by atoms with E-state index >= 15 is 0 Å². The van der Waals surface area contributed by atoms with Crippen LogP contribution in [-0.2, 0) is 26.1 Å². The third-order valence-corrected chi connectivity index (χ3v) is 7.85. The number of hydrogen-bond donors (Lipinski definition) is 0. The molecule has 2 fully saturated rings. The van der Waals surface area contributed by atoms with E-state index in [-0.39, 0.29) is 29.4 Å². The normalized spacial score (nSPS) is 22.3. The Morgan fingerprint density at radius 1 is 1.13 bits per heavy atom. The molecule has 1 amide bonds. The third kappa shape index (κ3) is 5.31. The van der Waals surface area contributed by atoms with Gasteiger partial charge < -0.3 is 9.64 Å². The number of hydrogen-bond acceptors (Lipinski definition) is 5. The highest BCUT2D eigenvalue weighted by molar-refractivity contribution is 7.89. The Bertz CT molecular complexity index is 963. The summed E-state index contributed by atoms with van der Waals surface area (Å²) in [6.07, 6.45) is 6.82. The summed E-state index contributed by atoms with van der Waals surface area (Å²) in [6, 6.07) is 12.3. The second-order valence-electron chi connectivity index (χ2n) is 8.23. The van der Waals surface area contributed by atoms with Crippen molar-refractivity contribution < 1.29 is 17.9 Å². The van der Waals surface area contributed by atoms with Crippen molar-refractivity contribution in [2.24, 2.45) is 5.92 Å². The average molecular weight is 444 g/mol. The van der Waals surface area contributed by atoms with E-state index < -0.39 is 10.0 Å². The zero-order valence-corrected chi connectivity index (χ0v) is 18.4. The Hall–Kier alpha value is -2.29. The Morgan fingerprint density at radius 2 is 1.97 bits per heavy atom. The maximum Gasteiger partial charge on any atom is 0.243 e. The summed E-state index contributed by atoms with van der Waals surface area (Å²) in [6.45, 7) is 2.36. The monoisotopic (exact) mass is 443 g/mol. The van der Waals surface area contributed by atoms with Gasteiger partial charge in [0.25, 0.3) is 0 Å². The fourth-order valence-corrected chi connectivity index (χ4v) is 5.89. The van der Waals surface area contributed by atoms with Gasteiger partial charge in [0.1, 0.15) is 0 Å². The molecular formula is C23H29N3O4S. The summed E-state index contributed by atoms with van der Waals surface area (Å²) in [5, 5.41) is 0. The highest BCUT2D eigenvalue weighted by Gasteiger charge is 2.36. The fraction of sp³-hybridized carbons (Fsp3) is 0.478. The van der Waals surface area contributed by atoms with Crippen LogP contribution in [0.1, 0.15) is 31.2 Å². The average Bonchev–Trinajstić information content (AvgIpc) is 3.33. The van der Waals surface area contributed by atoms with E-state index in [2.05, 4.69) is 4.98 Å². The van der Waals surface area contributed by atoms with E-state index in [1.807, 2.05) is 17.0 Å². The van der Waals surface area contributed by atoms with Gasteiger partial charge in [-0.25, -0.2) is 8.42 Å². The van der Waals surface area contributed by atoms with Gasteiger partial charge in [-0.3, -0.25) is 9.78 Å². The first kappa shape index (κ1) is 21.9. The standard InChI is InChI=1S/C23H29N3O4S/c27-23(25(18-21-9-6-14-30-21)16-19-7-4-12-24-15-19)20-8-5-13-26(17-20)31(28,29)22-10-2-1-3-11-22/h1-4,7,10-12,15,20-21H,5-6,8-9,13-14,16-18H2. The molecule has 2 unspecified atom stereocenters. The number of benzene rings is 1. The Morgan fingerprint density at radius 3 is 2.68 bits per heavy atom. The number of piperidine rings is 1. The number of carbonyl (C=O) groups excluding carboxylic acids is 1.